The van der Waals surface area contributed by atoms with E-state index in [0.717, 1.165) is 33.8 Å². The average Bonchev–Trinajstić information content (AvgIpc) is 2.55. The Morgan fingerprint density at radius 2 is 1.94 bits per heavy atom. The van der Waals surface area contributed by atoms with Gasteiger partial charge in [0.25, 0.3) is 0 Å². The van der Waals surface area contributed by atoms with E-state index in [4.69, 9.17) is 0 Å². The molecule has 0 saturated heterocycles. The van der Waals surface area contributed by atoms with E-state index in [1.165, 1.54) is 0 Å². The molecule has 82 valence electrons. The third-order valence-electron chi connectivity index (χ3n) is 2.72. The van der Waals surface area contributed by atoms with Crippen LogP contribution in [-0.4, -0.2) is 10.9 Å². The monoisotopic (exact) mass is 231 g/mol. The third-order valence-corrected chi connectivity index (χ3v) is 3.10. The Kier molecular flexibility index (Phi) is 2.88. The van der Waals surface area contributed by atoms with Crippen LogP contribution in [0.5, 0.6) is 0 Å². The van der Waals surface area contributed by atoms with Crippen molar-refractivity contribution in [3.8, 4) is 5.69 Å². The van der Waals surface area contributed by atoms with E-state index < -0.39 is 0 Å². The highest BCUT2D eigenvalue weighted by Gasteiger charge is 2.11. The summed E-state index contributed by atoms with van der Waals surface area (Å²) in [5.74, 6) is 0. The van der Waals surface area contributed by atoms with E-state index in [1.54, 1.807) is 0 Å². The van der Waals surface area contributed by atoms with Gasteiger partial charge in [0.2, 0.25) is 0 Å². The van der Waals surface area contributed by atoms with Crippen LogP contribution < -0.4 is 0 Å². The maximum absolute atomic E-state index is 10.9. The number of aldehydes is 1. The van der Waals surface area contributed by atoms with Crippen LogP contribution in [0.15, 0.2) is 35.2 Å². The van der Waals surface area contributed by atoms with Crippen LogP contribution in [-0.2, 0) is 0 Å². The van der Waals surface area contributed by atoms with Crippen molar-refractivity contribution in [2.45, 2.75) is 18.7 Å². The predicted octanol–water partition coefficient (Wildman–Crippen LogP) is 3.20. The van der Waals surface area contributed by atoms with Crippen LogP contribution in [0.3, 0.4) is 0 Å². The first-order valence-electron chi connectivity index (χ1n) is 5.07. The Morgan fingerprint density at radius 1 is 1.25 bits per heavy atom. The highest BCUT2D eigenvalue weighted by atomic mass is 32.1. The smallest absolute Gasteiger partial charge is 0.151 e. The fourth-order valence-electron chi connectivity index (χ4n) is 1.93. The van der Waals surface area contributed by atoms with Crippen LogP contribution in [0.2, 0.25) is 0 Å². The molecule has 0 amide bonds. The molecule has 0 unspecified atom stereocenters. The van der Waals surface area contributed by atoms with Crippen molar-refractivity contribution in [3.05, 3.63) is 47.3 Å². The van der Waals surface area contributed by atoms with Crippen molar-refractivity contribution in [2.75, 3.05) is 0 Å². The van der Waals surface area contributed by atoms with Gasteiger partial charge < -0.3 is 4.57 Å². The number of aryl methyl sites for hydroxylation is 1. The molecule has 0 N–H and O–H groups in total. The normalized spacial score (nSPS) is 10.4. The zero-order chi connectivity index (χ0) is 11.7. The van der Waals surface area contributed by atoms with E-state index in [9.17, 15) is 4.79 Å². The number of carbonyl (C=O) groups excluding carboxylic acids is 1. The number of benzene rings is 1. The third kappa shape index (κ3) is 1.67. The van der Waals surface area contributed by atoms with Gasteiger partial charge in [0.1, 0.15) is 0 Å². The van der Waals surface area contributed by atoms with Crippen molar-refractivity contribution in [2.24, 2.45) is 0 Å². The Balaban J connectivity index is 2.69. The second-order valence-corrected chi connectivity index (χ2v) is 4.25. The highest BCUT2D eigenvalue weighted by molar-refractivity contribution is 7.80. The molecule has 0 radical (unpaired) electrons. The number of thiol groups is 1. The SMILES string of the molecule is Cc1cc(C=O)c(C)n1-c1ccccc1S. The van der Waals surface area contributed by atoms with Gasteiger partial charge in [-0.15, -0.1) is 12.6 Å². The molecule has 0 fully saturated rings. The molecule has 1 aromatic carbocycles. The first-order chi connectivity index (χ1) is 7.65. The number of rotatable bonds is 2. The minimum Gasteiger partial charge on any atom is -0.317 e. The molecule has 0 bridgehead atoms. The molecule has 0 atom stereocenters. The van der Waals surface area contributed by atoms with Crippen LogP contribution in [0.4, 0.5) is 0 Å². The lowest BCUT2D eigenvalue weighted by atomic mass is 10.2. The summed E-state index contributed by atoms with van der Waals surface area (Å²) in [4.78, 5) is 11.8. The maximum atomic E-state index is 10.9. The molecule has 16 heavy (non-hydrogen) atoms. The number of aromatic nitrogens is 1. The van der Waals surface area contributed by atoms with E-state index in [0.29, 0.717) is 0 Å². The minimum absolute atomic E-state index is 0.731. The van der Waals surface area contributed by atoms with Crippen molar-refractivity contribution in [1.82, 2.24) is 4.57 Å². The highest BCUT2D eigenvalue weighted by Crippen LogP contribution is 2.24. The first kappa shape index (κ1) is 11.0. The topological polar surface area (TPSA) is 22.0 Å². The Labute approximate surface area is 100 Å². The van der Waals surface area contributed by atoms with Gasteiger partial charge in [-0.2, -0.15) is 0 Å². The van der Waals surface area contributed by atoms with Gasteiger partial charge in [-0.1, -0.05) is 12.1 Å². The number of hydrogen-bond donors (Lipinski definition) is 1. The van der Waals surface area contributed by atoms with E-state index in [1.807, 2.05) is 48.7 Å². The summed E-state index contributed by atoms with van der Waals surface area (Å²) in [6, 6.07) is 9.74. The number of carbonyl (C=O) groups is 1. The Bertz CT molecular complexity index is 543. The van der Waals surface area contributed by atoms with Gasteiger partial charge >= 0.3 is 0 Å². The summed E-state index contributed by atoms with van der Waals surface area (Å²) in [6.07, 6.45) is 0.889. The zero-order valence-electron chi connectivity index (χ0n) is 9.27. The summed E-state index contributed by atoms with van der Waals surface area (Å²) in [5.41, 5.74) is 3.73. The van der Waals surface area contributed by atoms with E-state index >= 15 is 0 Å². The van der Waals surface area contributed by atoms with Gasteiger partial charge in [0.15, 0.2) is 6.29 Å². The summed E-state index contributed by atoms with van der Waals surface area (Å²) in [7, 11) is 0. The fraction of sp³-hybridized carbons (Fsp3) is 0.154. The van der Waals surface area contributed by atoms with Crippen LogP contribution in [0.1, 0.15) is 21.7 Å². The molecule has 2 nitrogen and oxygen atoms in total. The second-order valence-electron chi connectivity index (χ2n) is 3.77. The molecular formula is C13H13NOS. The quantitative estimate of drug-likeness (QED) is 0.622. The zero-order valence-corrected chi connectivity index (χ0v) is 10.2. The molecule has 1 heterocycles. The number of nitrogens with zero attached hydrogens (tertiary/aromatic N) is 1. The largest absolute Gasteiger partial charge is 0.317 e. The molecule has 2 aromatic rings. The van der Waals surface area contributed by atoms with Crippen molar-refractivity contribution in [1.29, 1.82) is 0 Å². The molecule has 2 rings (SSSR count). The molecule has 0 saturated carbocycles. The van der Waals surface area contributed by atoms with Crippen molar-refractivity contribution >= 4 is 18.9 Å². The predicted molar refractivity (Wildman–Crippen MR) is 67.9 cm³/mol. The van der Waals surface area contributed by atoms with Gasteiger partial charge in [-0.25, -0.2) is 0 Å². The second kappa shape index (κ2) is 4.18. The summed E-state index contributed by atoms with van der Waals surface area (Å²) in [6.45, 7) is 3.93. The van der Waals surface area contributed by atoms with E-state index in [2.05, 4.69) is 12.6 Å². The van der Waals surface area contributed by atoms with Gasteiger partial charge in [0, 0.05) is 21.8 Å². The molecule has 0 spiro atoms. The summed E-state index contributed by atoms with van der Waals surface area (Å²) in [5, 5.41) is 0. The Hall–Kier alpha value is -1.48. The van der Waals surface area contributed by atoms with Gasteiger partial charge in [0.05, 0.1) is 5.69 Å². The van der Waals surface area contributed by atoms with Crippen molar-refractivity contribution in [3.63, 3.8) is 0 Å². The first-order valence-corrected chi connectivity index (χ1v) is 5.52. The van der Waals surface area contributed by atoms with Crippen molar-refractivity contribution < 1.29 is 4.79 Å². The molecule has 1 aromatic heterocycles. The standard InChI is InChI=1S/C13H13NOS/c1-9-7-11(8-15)10(2)14(9)12-5-3-4-6-13(12)16/h3-8,16H,1-2H3. The van der Waals surface area contributed by atoms with Crippen LogP contribution in [0.25, 0.3) is 5.69 Å². The van der Waals surface area contributed by atoms with Crippen LogP contribution in [0, 0.1) is 13.8 Å². The number of hydrogen-bond acceptors (Lipinski definition) is 2. The lowest BCUT2D eigenvalue weighted by molar-refractivity contribution is 0.112. The average molecular weight is 231 g/mol. The number of para-hydroxylation sites is 1. The fourth-order valence-corrected chi connectivity index (χ4v) is 2.19. The molecule has 0 aliphatic carbocycles. The van der Waals surface area contributed by atoms with Gasteiger partial charge in [-0.05, 0) is 32.0 Å². The van der Waals surface area contributed by atoms with Gasteiger partial charge in [-0.3, -0.25) is 4.79 Å². The maximum Gasteiger partial charge on any atom is 0.151 e. The molecule has 0 aliphatic heterocycles. The molecule has 0 aliphatic rings. The summed E-state index contributed by atoms with van der Waals surface area (Å²) >= 11 is 4.43. The van der Waals surface area contributed by atoms with Crippen LogP contribution >= 0.6 is 12.6 Å². The minimum atomic E-state index is 0.731. The summed E-state index contributed by atoms with van der Waals surface area (Å²) < 4.78 is 2.05. The van der Waals surface area contributed by atoms with E-state index in [-0.39, 0.29) is 0 Å². The molecule has 3 heteroatoms. The lowest BCUT2D eigenvalue weighted by Crippen LogP contribution is -2.00. The Morgan fingerprint density at radius 3 is 2.50 bits per heavy atom. The molecular weight excluding hydrogens is 218 g/mol. The lowest BCUT2D eigenvalue weighted by Gasteiger charge is -2.11.